The lowest BCUT2D eigenvalue weighted by atomic mass is 10.2. The minimum atomic E-state index is -0.0700. The lowest BCUT2D eigenvalue weighted by Gasteiger charge is -2.21. The standard InChI is InChI=1S/C25H29N7O2S.ClH/c1-17(29-34-11-10-33)18-4-7-24-27-28-25(32(24)15-18)35-22-5-6-23-19(13-22)12-21(14-26-23)31-9-8-20(16-31)30(2)3;/h4-7,12-15,20,33H,8-11,16H2,1-3H3;1H/b29-17+;/t20-;/m0./s1. The van der Waals surface area contributed by atoms with Crippen molar-refractivity contribution in [3.8, 4) is 0 Å². The Morgan fingerprint density at radius 2 is 2.08 bits per heavy atom. The number of oxime groups is 1. The van der Waals surface area contributed by atoms with Crippen LogP contribution < -0.4 is 4.90 Å². The predicted octanol–water partition coefficient (Wildman–Crippen LogP) is 3.72. The molecule has 0 spiro atoms. The van der Waals surface area contributed by atoms with Gasteiger partial charge in [0.25, 0.3) is 0 Å². The van der Waals surface area contributed by atoms with Crippen molar-refractivity contribution >= 4 is 52.1 Å². The number of halogens is 1. The summed E-state index contributed by atoms with van der Waals surface area (Å²) >= 11 is 1.56. The first-order valence-corrected chi connectivity index (χ1v) is 12.4. The van der Waals surface area contributed by atoms with Gasteiger partial charge >= 0.3 is 0 Å². The Labute approximate surface area is 220 Å². The Morgan fingerprint density at radius 1 is 1.22 bits per heavy atom. The Kier molecular flexibility index (Phi) is 8.30. The highest BCUT2D eigenvalue weighted by Crippen LogP contribution is 2.31. The zero-order valence-electron chi connectivity index (χ0n) is 20.5. The van der Waals surface area contributed by atoms with Crippen LogP contribution in [0.25, 0.3) is 16.6 Å². The minimum absolute atomic E-state index is 0. The van der Waals surface area contributed by atoms with Crippen molar-refractivity contribution in [2.24, 2.45) is 5.16 Å². The first-order valence-electron chi connectivity index (χ1n) is 11.6. The number of benzene rings is 1. The van der Waals surface area contributed by atoms with Gasteiger partial charge < -0.3 is 19.7 Å². The van der Waals surface area contributed by atoms with Crippen molar-refractivity contribution in [3.63, 3.8) is 0 Å². The Morgan fingerprint density at radius 3 is 2.86 bits per heavy atom. The number of nitrogens with zero attached hydrogens (tertiary/aromatic N) is 7. The summed E-state index contributed by atoms with van der Waals surface area (Å²) in [6.45, 7) is 4.03. The molecule has 1 aromatic carbocycles. The molecule has 0 radical (unpaired) electrons. The van der Waals surface area contributed by atoms with E-state index in [0.717, 1.165) is 45.3 Å². The Balaban J connectivity index is 0.00000304. The van der Waals surface area contributed by atoms with E-state index in [1.807, 2.05) is 35.9 Å². The molecule has 11 heteroatoms. The molecule has 1 atom stereocenters. The van der Waals surface area contributed by atoms with Crippen LogP contribution in [-0.4, -0.2) is 81.7 Å². The zero-order chi connectivity index (χ0) is 24.4. The van der Waals surface area contributed by atoms with E-state index in [2.05, 4.69) is 63.5 Å². The molecule has 36 heavy (non-hydrogen) atoms. The lowest BCUT2D eigenvalue weighted by Crippen LogP contribution is -2.31. The van der Waals surface area contributed by atoms with Crippen LogP contribution in [0.4, 0.5) is 5.69 Å². The normalized spacial score (nSPS) is 16.2. The summed E-state index contributed by atoms with van der Waals surface area (Å²) in [5.41, 5.74) is 4.51. The summed E-state index contributed by atoms with van der Waals surface area (Å²) in [4.78, 5) is 15.6. The van der Waals surface area contributed by atoms with Gasteiger partial charge in [-0.2, -0.15) is 0 Å². The largest absolute Gasteiger partial charge is 0.393 e. The maximum Gasteiger partial charge on any atom is 0.200 e. The maximum absolute atomic E-state index is 8.88. The summed E-state index contributed by atoms with van der Waals surface area (Å²) < 4.78 is 1.95. The molecule has 0 amide bonds. The lowest BCUT2D eigenvalue weighted by molar-refractivity contribution is 0.0986. The molecule has 0 aliphatic carbocycles. The quantitative estimate of drug-likeness (QED) is 0.210. The van der Waals surface area contributed by atoms with Gasteiger partial charge in [0, 0.05) is 41.2 Å². The van der Waals surface area contributed by atoms with Crippen LogP contribution in [0.2, 0.25) is 0 Å². The summed E-state index contributed by atoms with van der Waals surface area (Å²) in [7, 11) is 4.29. The van der Waals surface area contributed by atoms with Gasteiger partial charge in [-0.25, -0.2) is 0 Å². The highest BCUT2D eigenvalue weighted by Gasteiger charge is 2.24. The number of hydrogen-bond donors (Lipinski definition) is 1. The molecule has 1 fully saturated rings. The van der Waals surface area contributed by atoms with Gasteiger partial charge in [0.05, 0.1) is 29.7 Å². The Hall–Kier alpha value is -2.92. The van der Waals surface area contributed by atoms with Gasteiger partial charge in [-0.05, 0) is 75.6 Å². The fourth-order valence-corrected chi connectivity index (χ4v) is 5.09. The Bertz CT molecular complexity index is 1380. The van der Waals surface area contributed by atoms with Crippen LogP contribution in [-0.2, 0) is 4.84 Å². The number of aliphatic hydroxyl groups is 1. The number of likely N-dealkylation sites (N-methyl/N-ethyl adjacent to an activating group) is 1. The van der Waals surface area contributed by atoms with Crippen LogP contribution in [0.15, 0.2) is 64.0 Å². The minimum Gasteiger partial charge on any atom is -0.393 e. The van der Waals surface area contributed by atoms with Gasteiger partial charge in [-0.3, -0.25) is 9.38 Å². The van der Waals surface area contributed by atoms with Crippen molar-refractivity contribution in [2.75, 3.05) is 45.3 Å². The van der Waals surface area contributed by atoms with Gasteiger partial charge in [0.2, 0.25) is 0 Å². The molecular weight excluding hydrogens is 498 g/mol. The van der Waals surface area contributed by atoms with Crippen LogP contribution in [0, 0.1) is 0 Å². The van der Waals surface area contributed by atoms with E-state index in [1.54, 1.807) is 11.8 Å². The summed E-state index contributed by atoms with van der Waals surface area (Å²) in [5, 5.41) is 23.5. The monoisotopic (exact) mass is 527 g/mol. The molecule has 0 unspecified atom stereocenters. The van der Waals surface area contributed by atoms with Crippen LogP contribution in [0.3, 0.4) is 0 Å². The van der Waals surface area contributed by atoms with Gasteiger partial charge in [-0.1, -0.05) is 5.16 Å². The predicted molar refractivity (Wildman–Crippen MR) is 146 cm³/mol. The summed E-state index contributed by atoms with van der Waals surface area (Å²) in [6.07, 6.45) is 5.10. The molecule has 190 valence electrons. The van der Waals surface area contributed by atoms with Crippen LogP contribution in [0.5, 0.6) is 0 Å². The maximum atomic E-state index is 8.88. The molecule has 4 heterocycles. The second-order valence-corrected chi connectivity index (χ2v) is 9.90. The van der Waals surface area contributed by atoms with Gasteiger partial charge in [0.1, 0.15) is 6.61 Å². The van der Waals surface area contributed by atoms with E-state index in [4.69, 9.17) is 14.9 Å². The van der Waals surface area contributed by atoms with Crippen molar-refractivity contribution in [2.45, 2.75) is 29.4 Å². The molecule has 4 aromatic rings. The molecule has 0 saturated carbocycles. The molecule has 0 bridgehead atoms. The number of hydrogen-bond acceptors (Lipinski definition) is 9. The number of anilines is 1. The number of aromatic nitrogens is 4. The second-order valence-electron chi connectivity index (χ2n) is 8.86. The van der Waals surface area contributed by atoms with Crippen molar-refractivity contribution < 1.29 is 9.94 Å². The first-order chi connectivity index (χ1) is 17.0. The fraction of sp³-hybridized carbons (Fsp3) is 0.360. The van der Waals surface area contributed by atoms with Crippen molar-refractivity contribution in [1.82, 2.24) is 24.5 Å². The number of fused-ring (bicyclic) bond motifs is 2. The third-order valence-electron chi connectivity index (χ3n) is 6.28. The molecule has 1 aliphatic rings. The van der Waals surface area contributed by atoms with Crippen molar-refractivity contribution in [3.05, 3.63) is 54.4 Å². The molecule has 9 nitrogen and oxygen atoms in total. The average molecular weight is 528 g/mol. The van der Waals surface area contributed by atoms with E-state index in [0.29, 0.717) is 11.8 Å². The average Bonchev–Trinajstić information content (AvgIpc) is 3.51. The number of aliphatic hydroxyl groups excluding tert-OH is 1. The molecule has 5 rings (SSSR count). The van der Waals surface area contributed by atoms with E-state index in [-0.39, 0.29) is 25.6 Å². The topological polar surface area (TPSA) is 91.4 Å². The van der Waals surface area contributed by atoms with Gasteiger partial charge in [0.15, 0.2) is 10.8 Å². The SMILES string of the molecule is C/C(=N\OCCO)c1ccc2nnc(Sc3ccc4ncc(N5CC[C@H](N(C)C)C5)cc4c3)n2c1.Cl. The molecule has 3 aromatic heterocycles. The highest BCUT2D eigenvalue weighted by atomic mass is 35.5. The molecule has 1 N–H and O–H groups in total. The van der Waals surface area contributed by atoms with Gasteiger partial charge in [-0.15, -0.1) is 22.6 Å². The van der Waals surface area contributed by atoms with E-state index < -0.39 is 0 Å². The molecule has 1 aliphatic heterocycles. The van der Waals surface area contributed by atoms with Crippen molar-refractivity contribution in [1.29, 1.82) is 0 Å². The highest BCUT2D eigenvalue weighted by molar-refractivity contribution is 7.99. The van der Waals surface area contributed by atoms with Crippen LogP contribution in [0.1, 0.15) is 18.9 Å². The summed E-state index contributed by atoms with van der Waals surface area (Å²) in [5.74, 6) is 0. The number of rotatable bonds is 8. The third-order valence-corrected chi connectivity index (χ3v) is 7.23. The van der Waals surface area contributed by atoms with E-state index >= 15 is 0 Å². The third kappa shape index (κ3) is 5.57. The number of pyridine rings is 2. The second kappa shape index (κ2) is 11.4. The smallest absolute Gasteiger partial charge is 0.200 e. The molecular formula is C25H30ClN7O2S. The summed E-state index contributed by atoms with van der Waals surface area (Å²) in [6, 6.07) is 12.9. The van der Waals surface area contributed by atoms with E-state index in [1.165, 1.54) is 12.1 Å². The van der Waals surface area contributed by atoms with E-state index in [9.17, 15) is 0 Å². The first kappa shape index (κ1) is 26.2. The van der Waals surface area contributed by atoms with Crippen LogP contribution >= 0.6 is 24.2 Å². The molecule has 1 saturated heterocycles. The fourth-order valence-electron chi connectivity index (χ4n) is 4.23. The zero-order valence-corrected chi connectivity index (χ0v) is 22.2.